The minimum Gasteiger partial charge on any atom is -0.260 e. The lowest BCUT2D eigenvalue weighted by Gasteiger charge is -2.06. The average molecular weight is 237 g/mol. The van der Waals surface area contributed by atoms with Crippen molar-refractivity contribution in [1.29, 1.82) is 0 Å². The predicted octanol–water partition coefficient (Wildman–Crippen LogP) is 4.48. The highest BCUT2D eigenvalue weighted by atomic mass is 32.2. The summed E-state index contributed by atoms with van der Waals surface area (Å²) in [5.74, 6) is 3.68. The van der Waals surface area contributed by atoms with Gasteiger partial charge in [-0.25, -0.2) is 0 Å². The number of nitrogens with zero attached hydrogens (tertiary/aromatic N) is 1. The molecule has 2 heteroatoms. The summed E-state index contributed by atoms with van der Waals surface area (Å²) < 4.78 is 0. The third-order valence-electron chi connectivity index (χ3n) is 2.60. The van der Waals surface area contributed by atoms with Crippen LogP contribution >= 0.6 is 11.8 Å². The molecular formula is C14H23NS. The van der Waals surface area contributed by atoms with Gasteiger partial charge in [-0.15, -0.1) is 0 Å². The van der Waals surface area contributed by atoms with E-state index in [1.165, 1.54) is 23.4 Å². The van der Waals surface area contributed by atoms with Gasteiger partial charge in [-0.3, -0.25) is 4.98 Å². The summed E-state index contributed by atoms with van der Waals surface area (Å²) in [5.41, 5.74) is 2.54. The number of hydrogen-bond donors (Lipinski definition) is 0. The highest BCUT2D eigenvalue weighted by molar-refractivity contribution is 7.98. The lowest BCUT2D eigenvalue weighted by atomic mass is 10.1. The van der Waals surface area contributed by atoms with Crippen LogP contribution in [0.5, 0.6) is 0 Å². The largest absolute Gasteiger partial charge is 0.260 e. The summed E-state index contributed by atoms with van der Waals surface area (Å²) in [6, 6.07) is 4.37. The van der Waals surface area contributed by atoms with Gasteiger partial charge >= 0.3 is 0 Å². The van der Waals surface area contributed by atoms with E-state index in [1.807, 2.05) is 18.0 Å². The molecule has 0 aliphatic carbocycles. The molecule has 0 fully saturated rings. The Hall–Kier alpha value is -0.500. The van der Waals surface area contributed by atoms with Crippen LogP contribution < -0.4 is 0 Å². The van der Waals surface area contributed by atoms with Crippen molar-refractivity contribution < 1.29 is 0 Å². The minimum atomic E-state index is 0.579. The zero-order valence-corrected chi connectivity index (χ0v) is 11.7. The van der Waals surface area contributed by atoms with Gasteiger partial charge in [0.15, 0.2) is 0 Å². The van der Waals surface area contributed by atoms with Crippen LogP contribution in [0.2, 0.25) is 0 Å². The van der Waals surface area contributed by atoms with Crippen molar-refractivity contribution in [3.63, 3.8) is 0 Å². The fourth-order valence-corrected chi connectivity index (χ4v) is 2.52. The first-order chi connectivity index (χ1) is 7.59. The van der Waals surface area contributed by atoms with Crippen LogP contribution in [0.3, 0.4) is 0 Å². The Morgan fingerprint density at radius 3 is 2.44 bits per heavy atom. The van der Waals surface area contributed by atoms with Gasteiger partial charge in [-0.1, -0.05) is 33.8 Å². The van der Waals surface area contributed by atoms with Gasteiger partial charge in [-0.05, 0) is 35.6 Å². The maximum Gasteiger partial charge on any atom is 0.0502 e. The maximum atomic E-state index is 4.50. The first-order valence-electron chi connectivity index (χ1n) is 6.12. The van der Waals surface area contributed by atoms with E-state index < -0.39 is 0 Å². The molecule has 0 aliphatic rings. The van der Waals surface area contributed by atoms with Crippen molar-refractivity contribution in [2.24, 2.45) is 5.92 Å². The summed E-state index contributed by atoms with van der Waals surface area (Å²) in [6.07, 6.45) is 3.32. The molecule has 90 valence electrons. The monoisotopic (exact) mass is 237 g/mol. The molecule has 0 unspecified atom stereocenters. The molecule has 1 aromatic rings. The quantitative estimate of drug-likeness (QED) is 0.676. The van der Waals surface area contributed by atoms with Crippen LogP contribution in [0, 0.1) is 5.92 Å². The second-order valence-electron chi connectivity index (χ2n) is 4.97. The van der Waals surface area contributed by atoms with Crippen LogP contribution in [0.15, 0.2) is 18.3 Å². The first kappa shape index (κ1) is 13.6. The predicted molar refractivity (Wildman–Crippen MR) is 73.9 cm³/mol. The summed E-state index contributed by atoms with van der Waals surface area (Å²) in [4.78, 5) is 4.50. The van der Waals surface area contributed by atoms with E-state index >= 15 is 0 Å². The van der Waals surface area contributed by atoms with E-state index in [0.717, 1.165) is 11.7 Å². The van der Waals surface area contributed by atoms with Crippen molar-refractivity contribution in [2.75, 3.05) is 5.75 Å². The topological polar surface area (TPSA) is 12.9 Å². The molecule has 0 saturated heterocycles. The average Bonchev–Trinajstić information content (AvgIpc) is 2.25. The standard InChI is InChI=1S/C14H23NS/c1-11(2)7-8-16-10-14-6-5-13(9-15-14)12(3)4/h5-6,9,11-12H,7-8,10H2,1-4H3. The lowest BCUT2D eigenvalue weighted by Crippen LogP contribution is -1.94. The Morgan fingerprint density at radius 1 is 1.19 bits per heavy atom. The van der Waals surface area contributed by atoms with Crippen molar-refractivity contribution in [3.8, 4) is 0 Å². The van der Waals surface area contributed by atoms with Gasteiger partial charge in [0.05, 0.1) is 5.69 Å². The van der Waals surface area contributed by atoms with E-state index in [2.05, 4.69) is 44.8 Å². The fourth-order valence-electron chi connectivity index (χ4n) is 1.36. The molecule has 1 nitrogen and oxygen atoms in total. The number of rotatable bonds is 6. The summed E-state index contributed by atoms with van der Waals surface area (Å²) >= 11 is 1.99. The van der Waals surface area contributed by atoms with Gasteiger partial charge in [0.2, 0.25) is 0 Å². The van der Waals surface area contributed by atoms with Gasteiger partial charge < -0.3 is 0 Å². The summed E-state index contributed by atoms with van der Waals surface area (Å²) in [7, 11) is 0. The number of pyridine rings is 1. The molecule has 1 rings (SSSR count). The van der Waals surface area contributed by atoms with Gasteiger partial charge in [0, 0.05) is 11.9 Å². The van der Waals surface area contributed by atoms with Crippen molar-refractivity contribution in [2.45, 2.75) is 45.8 Å². The number of thioether (sulfide) groups is 1. The van der Waals surface area contributed by atoms with Crippen molar-refractivity contribution >= 4 is 11.8 Å². The molecule has 0 atom stereocenters. The molecule has 0 bridgehead atoms. The van der Waals surface area contributed by atoms with E-state index in [0.29, 0.717) is 5.92 Å². The zero-order chi connectivity index (χ0) is 12.0. The highest BCUT2D eigenvalue weighted by Crippen LogP contribution is 2.17. The Kier molecular flexibility index (Phi) is 5.89. The van der Waals surface area contributed by atoms with Crippen molar-refractivity contribution in [3.05, 3.63) is 29.6 Å². The Morgan fingerprint density at radius 2 is 1.94 bits per heavy atom. The second kappa shape index (κ2) is 6.95. The molecule has 0 aromatic carbocycles. The molecule has 0 radical (unpaired) electrons. The van der Waals surface area contributed by atoms with Crippen molar-refractivity contribution in [1.82, 2.24) is 4.98 Å². The molecule has 1 aromatic heterocycles. The van der Waals surface area contributed by atoms with Gasteiger partial charge in [0.1, 0.15) is 0 Å². The van der Waals surface area contributed by atoms with E-state index in [-0.39, 0.29) is 0 Å². The van der Waals surface area contributed by atoms with E-state index in [4.69, 9.17) is 0 Å². The number of aromatic nitrogens is 1. The summed E-state index contributed by atoms with van der Waals surface area (Å²) in [6.45, 7) is 8.95. The SMILES string of the molecule is CC(C)CCSCc1ccc(C(C)C)cn1. The third-order valence-corrected chi connectivity index (χ3v) is 3.63. The van der Waals surface area contributed by atoms with Crippen LogP contribution in [-0.4, -0.2) is 10.7 Å². The minimum absolute atomic E-state index is 0.579. The fraction of sp³-hybridized carbons (Fsp3) is 0.643. The van der Waals surface area contributed by atoms with Crippen LogP contribution in [0.1, 0.15) is 51.3 Å². The molecule has 0 amide bonds. The Labute approximate surface area is 104 Å². The number of hydrogen-bond acceptors (Lipinski definition) is 2. The first-order valence-corrected chi connectivity index (χ1v) is 7.27. The molecule has 0 aliphatic heterocycles. The van der Waals surface area contributed by atoms with E-state index in [1.54, 1.807) is 0 Å². The normalized spacial score (nSPS) is 11.4. The molecule has 0 N–H and O–H groups in total. The molecule has 16 heavy (non-hydrogen) atoms. The molecule has 1 heterocycles. The highest BCUT2D eigenvalue weighted by Gasteiger charge is 2.00. The third kappa shape index (κ3) is 5.02. The Balaban J connectivity index is 2.32. The Bertz CT molecular complexity index is 290. The van der Waals surface area contributed by atoms with Gasteiger partial charge in [-0.2, -0.15) is 11.8 Å². The zero-order valence-electron chi connectivity index (χ0n) is 10.9. The maximum absolute atomic E-state index is 4.50. The lowest BCUT2D eigenvalue weighted by molar-refractivity contribution is 0.632. The molecule has 0 saturated carbocycles. The van der Waals surface area contributed by atoms with Crippen LogP contribution in [-0.2, 0) is 5.75 Å². The van der Waals surface area contributed by atoms with Gasteiger partial charge in [0.25, 0.3) is 0 Å². The van der Waals surface area contributed by atoms with Crippen LogP contribution in [0.4, 0.5) is 0 Å². The van der Waals surface area contributed by atoms with Crippen LogP contribution in [0.25, 0.3) is 0 Å². The van der Waals surface area contributed by atoms with E-state index in [9.17, 15) is 0 Å². The molecule has 0 spiro atoms. The smallest absolute Gasteiger partial charge is 0.0502 e. The summed E-state index contributed by atoms with van der Waals surface area (Å²) in [5, 5.41) is 0. The molecular weight excluding hydrogens is 214 g/mol. The second-order valence-corrected chi connectivity index (χ2v) is 6.08.